The molecule has 5 N–H and O–H groups in total. The Morgan fingerprint density at radius 3 is 1.94 bits per heavy atom. The first-order valence-electron chi connectivity index (χ1n) is 8.86. The van der Waals surface area contributed by atoms with E-state index in [1.165, 1.54) is 0 Å². The first-order valence-corrected chi connectivity index (χ1v) is 9.65. The summed E-state index contributed by atoms with van der Waals surface area (Å²) in [5.74, 6) is -4.26. The quantitative estimate of drug-likeness (QED) is 0.272. The van der Waals surface area contributed by atoms with Crippen LogP contribution in [0.15, 0.2) is 41.2 Å². The second kappa shape index (κ2) is 12.8. The van der Waals surface area contributed by atoms with Crippen LogP contribution in [0.4, 0.5) is 5.69 Å². The zero-order valence-electron chi connectivity index (χ0n) is 16.4. The van der Waals surface area contributed by atoms with E-state index in [0.29, 0.717) is 40.5 Å². The molecule has 0 radical (unpaired) electrons. The first-order chi connectivity index (χ1) is 15.0. The SMILES string of the molecule is N#Cc1cc(N2C[C@H]3CNC[C@H]32)cnc1Br.O=C(O)/C=C/C(=O)O.O=C(O)/C=C/C(=O)O. The Balaban J connectivity index is 0.000000273. The highest BCUT2D eigenvalue weighted by molar-refractivity contribution is 9.10. The maximum absolute atomic E-state index is 9.55. The number of nitrogens with one attached hydrogen (secondary N) is 1. The van der Waals surface area contributed by atoms with Crippen molar-refractivity contribution in [1.29, 1.82) is 5.26 Å². The Morgan fingerprint density at radius 1 is 1.03 bits per heavy atom. The lowest BCUT2D eigenvalue weighted by molar-refractivity contribution is -0.134. The molecule has 1 aromatic heterocycles. The average molecular weight is 511 g/mol. The largest absolute Gasteiger partial charge is 0.478 e. The first kappa shape index (κ1) is 26.3. The van der Waals surface area contributed by atoms with Crippen LogP contribution in [0, 0.1) is 17.2 Å². The molecule has 0 aromatic carbocycles. The van der Waals surface area contributed by atoms with Crippen LogP contribution in [0.5, 0.6) is 0 Å². The Labute approximate surface area is 190 Å². The molecule has 0 bridgehead atoms. The summed E-state index contributed by atoms with van der Waals surface area (Å²) in [5.41, 5.74) is 1.66. The van der Waals surface area contributed by atoms with E-state index in [1.807, 2.05) is 12.3 Å². The Bertz CT molecular complexity index is 907. The molecule has 3 rings (SSSR count). The van der Waals surface area contributed by atoms with Crippen LogP contribution >= 0.6 is 15.9 Å². The van der Waals surface area contributed by atoms with Gasteiger partial charge in [0.05, 0.1) is 17.4 Å². The highest BCUT2D eigenvalue weighted by Crippen LogP contribution is 2.33. The van der Waals surface area contributed by atoms with Gasteiger partial charge in [0.1, 0.15) is 10.7 Å². The second-order valence-corrected chi connectivity index (χ2v) is 7.05. The minimum Gasteiger partial charge on any atom is -0.478 e. The molecule has 0 unspecified atom stereocenters. The van der Waals surface area contributed by atoms with E-state index < -0.39 is 23.9 Å². The number of fused-ring (bicyclic) bond motifs is 1. The van der Waals surface area contributed by atoms with Gasteiger partial charge < -0.3 is 30.6 Å². The topological polar surface area (TPSA) is 201 Å². The molecule has 0 saturated carbocycles. The summed E-state index contributed by atoms with van der Waals surface area (Å²) in [5, 5.41) is 43.6. The van der Waals surface area contributed by atoms with E-state index >= 15 is 0 Å². The molecule has 2 atom stereocenters. The standard InChI is InChI=1S/C11H11BrN4.2C4H4O4/c12-11-7(2-13)1-9(4-15-11)16-6-8-3-14-5-10(8)16;2*5-3(6)1-2-4(7)8/h1,4,8,10,14H,3,5-6H2;2*1-2H,(H,5,6)(H,7,8)/b;2*2-1+/t8-,10-;;/m1../s1. The van der Waals surface area contributed by atoms with Crippen LogP contribution in [-0.2, 0) is 19.2 Å². The number of nitrogens with zero attached hydrogens (tertiary/aromatic N) is 3. The third-order valence-corrected chi connectivity index (χ3v) is 4.78. The molecule has 2 aliphatic heterocycles. The normalized spacial score (nSPS) is 18.3. The van der Waals surface area contributed by atoms with Crippen LogP contribution < -0.4 is 10.2 Å². The molecule has 13 heteroatoms. The number of carbonyl (C=O) groups is 4. The number of nitriles is 1. The van der Waals surface area contributed by atoms with E-state index in [-0.39, 0.29) is 0 Å². The Hall–Kier alpha value is -3.76. The molecular weight excluding hydrogens is 492 g/mol. The number of hydrogen-bond donors (Lipinski definition) is 5. The molecule has 170 valence electrons. The van der Waals surface area contributed by atoms with E-state index in [4.69, 9.17) is 25.7 Å². The second-order valence-electron chi connectivity index (χ2n) is 6.30. The molecular formula is C19H19BrN4O8. The summed E-state index contributed by atoms with van der Waals surface area (Å²) < 4.78 is 0.625. The van der Waals surface area contributed by atoms with Gasteiger partial charge >= 0.3 is 23.9 Å². The average Bonchev–Trinajstić information content (AvgIpc) is 3.07. The van der Waals surface area contributed by atoms with Crippen molar-refractivity contribution >= 4 is 45.5 Å². The van der Waals surface area contributed by atoms with Gasteiger partial charge in [0.25, 0.3) is 0 Å². The van der Waals surface area contributed by atoms with Crippen molar-refractivity contribution in [3.05, 3.63) is 46.7 Å². The minimum atomic E-state index is -1.26. The third-order valence-electron chi connectivity index (χ3n) is 4.15. The lowest BCUT2D eigenvalue weighted by atomic mass is 9.91. The molecule has 2 saturated heterocycles. The van der Waals surface area contributed by atoms with Gasteiger partial charge in [-0.25, -0.2) is 24.2 Å². The minimum absolute atomic E-state index is 0.558. The van der Waals surface area contributed by atoms with Crippen LogP contribution in [0.3, 0.4) is 0 Å². The summed E-state index contributed by atoms with van der Waals surface area (Å²) in [4.78, 5) is 44.7. The molecule has 3 heterocycles. The number of carboxylic acid groups (broad SMARTS) is 4. The van der Waals surface area contributed by atoms with Gasteiger partial charge in [-0.15, -0.1) is 0 Å². The maximum Gasteiger partial charge on any atom is 0.328 e. The number of rotatable bonds is 5. The maximum atomic E-state index is 9.55. The predicted molar refractivity (Wildman–Crippen MR) is 113 cm³/mol. The monoisotopic (exact) mass is 510 g/mol. The van der Waals surface area contributed by atoms with E-state index in [2.05, 4.69) is 37.2 Å². The van der Waals surface area contributed by atoms with Gasteiger partial charge in [-0.05, 0) is 22.0 Å². The van der Waals surface area contributed by atoms with Crippen molar-refractivity contribution in [2.75, 3.05) is 24.5 Å². The van der Waals surface area contributed by atoms with Crippen LogP contribution in [0.2, 0.25) is 0 Å². The predicted octanol–water partition coefficient (Wildman–Crippen LogP) is 0.547. The Morgan fingerprint density at radius 2 is 1.53 bits per heavy atom. The number of halogens is 1. The number of hydrogen-bond acceptors (Lipinski definition) is 8. The van der Waals surface area contributed by atoms with Gasteiger partial charge in [-0.2, -0.15) is 5.26 Å². The highest BCUT2D eigenvalue weighted by atomic mass is 79.9. The summed E-state index contributed by atoms with van der Waals surface area (Å²) >= 11 is 3.27. The van der Waals surface area contributed by atoms with Crippen molar-refractivity contribution in [3.8, 4) is 6.07 Å². The summed E-state index contributed by atoms with van der Waals surface area (Å²) in [6.07, 6.45) is 4.06. The summed E-state index contributed by atoms with van der Waals surface area (Å²) in [7, 11) is 0. The number of anilines is 1. The van der Waals surface area contributed by atoms with Gasteiger partial charge in [-0.3, -0.25) is 0 Å². The Kier molecular flexibility index (Phi) is 10.5. The van der Waals surface area contributed by atoms with Crippen LogP contribution in [-0.4, -0.2) is 75.0 Å². The fourth-order valence-electron chi connectivity index (χ4n) is 2.77. The van der Waals surface area contributed by atoms with Crippen molar-refractivity contribution in [1.82, 2.24) is 10.3 Å². The van der Waals surface area contributed by atoms with Gasteiger partial charge in [-0.1, -0.05) is 0 Å². The van der Waals surface area contributed by atoms with Gasteiger partial charge in [0.2, 0.25) is 0 Å². The van der Waals surface area contributed by atoms with E-state index in [1.54, 1.807) is 0 Å². The molecule has 1 aromatic rings. The van der Waals surface area contributed by atoms with Crippen molar-refractivity contribution in [2.45, 2.75) is 6.04 Å². The number of carboxylic acids is 4. The van der Waals surface area contributed by atoms with Crippen LogP contribution in [0.1, 0.15) is 5.56 Å². The number of pyridine rings is 1. The molecule has 0 amide bonds. The van der Waals surface area contributed by atoms with E-state index in [0.717, 1.165) is 31.2 Å². The number of aliphatic carboxylic acids is 4. The third kappa shape index (κ3) is 8.94. The summed E-state index contributed by atoms with van der Waals surface area (Å²) in [6.45, 7) is 3.24. The number of aromatic nitrogens is 1. The van der Waals surface area contributed by atoms with Crippen molar-refractivity contribution in [3.63, 3.8) is 0 Å². The lowest BCUT2D eigenvalue weighted by Crippen LogP contribution is -2.55. The van der Waals surface area contributed by atoms with Crippen molar-refractivity contribution in [2.24, 2.45) is 5.92 Å². The molecule has 0 spiro atoms. The smallest absolute Gasteiger partial charge is 0.328 e. The molecule has 12 nitrogen and oxygen atoms in total. The van der Waals surface area contributed by atoms with Crippen molar-refractivity contribution < 1.29 is 39.6 Å². The van der Waals surface area contributed by atoms with Gasteiger partial charge in [0, 0.05) is 55.9 Å². The van der Waals surface area contributed by atoms with E-state index in [9.17, 15) is 19.2 Å². The molecule has 0 aliphatic carbocycles. The lowest BCUT2D eigenvalue weighted by Gasteiger charge is -2.45. The molecule has 2 fully saturated rings. The summed E-state index contributed by atoms with van der Waals surface area (Å²) in [6, 6.07) is 4.65. The fraction of sp³-hybridized carbons (Fsp3) is 0.263. The highest BCUT2D eigenvalue weighted by Gasteiger charge is 2.42. The molecule has 32 heavy (non-hydrogen) atoms. The zero-order chi connectivity index (χ0) is 24.3. The van der Waals surface area contributed by atoms with Crippen LogP contribution in [0.25, 0.3) is 0 Å². The zero-order valence-corrected chi connectivity index (χ0v) is 18.0. The van der Waals surface area contributed by atoms with Gasteiger partial charge in [0.15, 0.2) is 0 Å². The molecule has 2 aliphatic rings. The fourth-order valence-corrected chi connectivity index (χ4v) is 3.08.